The topological polar surface area (TPSA) is 75.4 Å². The zero-order valence-corrected chi connectivity index (χ0v) is 11.6. The summed E-state index contributed by atoms with van der Waals surface area (Å²) in [5, 5.41) is 2.75. The molecular formula is C13H18ClN3O2. The molecule has 3 N–H and O–H groups in total. The van der Waals surface area contributed by atoms with Gasteiger partial charge in [-0.15, -0.1) is 12.4 Å². The Hall–Kier alpha value is -1.59. The first-order valence-electron chi connectivity index (χ1n) is 6.05. The highest BCUT2D eigenvalue weighted by atomic mass is 35.5. The number of amides is 2. The number of nitrogens with zero attached hydrogens (tertiary/aromatic N) is 1. The normalized spacial score (nSPS) is 15.9. The van der Waals surface area contributed by atoms with Crippen molar-refractivity contribution in [3.63, 3.8) is 0 Å². The van der Waals surface area contributed by atoms with E-state index in [0.717, 1.165) is 12.1 Å². The summed E-state index contributed by atoms with van der Waals surface area (Å²) in [5.41, 5.74) is 6.90. The van der Waals surface area contributed by atoms with Crippen LogP contribution < -0.4 is 16.0 Å². The Morgan fingerprint density at radius 2 is 2.11 bits per heavy atom. The molecule has 5 nitrogen and oxygen atoms in total. The highest BCUT2D eigenvalue weighted by molar-refractivity contribution is 6.03. The largest absolute Gasteiger partial charge is 0.323 e. The Morgan fingerprint density at radius 3 is 2.68 bits per heavy atom. The maximum atomic E-state index is 11.7. The molecule has 1 aliphatic heterocycles. The van der Waals surface area contributed by atoms with Gasteiger partial charge in [0.1, 0.15) is 0 Å². The van der Waals surface area contributed by atoms with Crippen LogP contribution in [0.2, 0.25) is 0 Å². The monoisotopic (exact) mass is 283 g/mol. The van der Waals surface area contributed by atoms with E-state index in [2.05, 4.69) is 5.32 Å². The molecule has 1 saturated heterocycles. The molecule has 1 heterocycles. The second-order valence-electron chi connectivity index (χ2n) is 4.44. The summed E-state index contributed by atoms with van der Waals surface area (Å²) in [7, 11) is 0. The molecule has 2 rings (SSSR count). The van der Waals surface area contributed by atoms with E-state index in [1.165, 1.54) is 0 Å². The van der Waals surface area contributed by atoms with Gasteiger partial charge in [-0.1, -0.05) is 12.1 Å². The number of carbonyl (C=O) groups is 2. The maximum absolute atomic E-state index is 11.7. The number of nitrogens with one attached hydrogen (secondary N) is 1. The van der Waals surface area contributed by atoms with Crippen molar-refractivity contribution in [2.24, 2.45) is 5.73 Å². The average molecular weight is 284 g/mol. The predicted octanol–water partition coefficient (Wildman–Crippen LogP) is 1.52. The van der Waals surface area contributed by atoms with Crippen LogP contribution in [0.4, 0.5) is 11.4 Å². The maximum Gasteiger partial charge on any atom is 0.241 e. The molecule has 1 unspecified atom stereocenters. The van der Waals surface area contributed by atoms with E-state index in [1.807, 2.05) is 18.2 Å². The lowest BCUT2D eigenvalue weighted by molar-refractivity contribution is -0.118. The van der Waals surface area contributed by atoms with E-state index in [4.69, 9.17) is 5.73 Å². The van der Waals surface area contributed by atoms with Crippen LogP contribution in [0.3, 0.4) is 0 Å². The number of para-hydroxylation sites is 2. The molecule has 0 aromatic heterocycles. The summed E-state index contributed by atoms with van der Waals surface area (Å²) < 4.78 is 0. The lowest BCUT2D eigenvalue weighted by Gasteiger charge is -2.20. The van der Waals surface area contributed by atoms with E-state index < -0.39 is 6.04 Å². The molecule has 1 aliphatic rings. The fourth-order valence-corrected chi connectivity index (χ4v) is 1.96. The third-order valence-corrected chi connectivity index (χ3v) is 2.94. The Kier molecular flexibility index (Phi) is 5.32. The van der Waals surface area contributed by atoms with Gasteiger partial charge in [0.05, 0.1) is 17.4 Å². The van der Waals surface area contributed by atoms with Gasteiger partial charge in [-0.05, 0) is 25.5 Å². The first kappa shape index (κ1) is 15.5. The fourth-order valence-electron chi connectivity index (χ4n) is 1.96. The van der Waals surface area contributed by atoms with Crippen LogP contribution >= 0.6 is 12.4 Å². The second kappa shape index (κ2) is 6.54. The molecule has 104 valence electrons. The van der Waals surface area contributed by atoms with Gasteiger partial charge >= 0.3 is 0 Å². The highest BCUT2D eigenvalue weighted by Gasteiger charge is 2.24. The Labute approximate surface area is 118 Å². The number of hydrogen-bond acceptors (Lipinski definition) is 3. The standard InChI is InChI=1S/C13H17N3O2.ClH/c1-9(14)13(18)15-10-5-2-3-6-11(10)16-8-4-7-12(16)17;/h2-3,5-6,9H,4,7-8,14H2,1H3,(H,15,18);1H. The fraction of sp³-hybridized carbons (Fsp3) is 0.385. The number of halogens is 1. The van der Waals surface area contributed by atoms with Gasteiger partial charge in [-0.3, -0.25) is 9.59 Å². The number of anilines is 2. The van der Waals surface area contributed by atoms with Crippen LogP contribution in [0.5, 0.6) is 0 Å². The van der Waals surface area contributed by atoms with Gasteiger partial charge in [-0.25, -0.2) is 0 Å². The number of nitrogens with two attached hydrogens (primary N) is 1. The summed E-state index contributed by atoms with van der Waals surface area (Å²) in [4.78, 5) is 25.1. The van der Waals surface area contributed by atoms with Gasteiger partial charge in [0.15, 0.2) is 0 Å². The average Bonchev–Trinajstić information content (AvgIpc) is 2.76. The van der Waals surface area contributed by atoms with Crippen molar-refractivity contribution in [1.29, 1.82) is 0 Å². The Balaban J connectivity index is 0.00000180. The van der Waals surface area contributed by atoms with Gasteiger partial charge in [0.25, 0.3) is 0 Å². The molecule has 0 radical (unpaired) electrons. The number of carbonyl (C=O) groups excluding carboxylic acids is 2. The van der Waals surface area contributed by atoms with Gasteiger partial charge in [-0.2, -0.15) is 0 Å². The number of rotatable bonds is 3. The molecule has 1 fully saturated rings. The van der Waals surface area contributed by atoms with Crippen molar-refractivity contribution in [1.82, 2.24) is 0 Å². The van der Waals surface area contributed by atoms with Crippen molar-refractivity contribution >= 4 is 35.6 Å². The number of benzene rings is 1. The molecule has 1 aromatic carbocycles. The lowest BCUT2D eigenvalue weighted by Crippen LogP contribution is -2.33. The molecule has 6 heteroatoms. The zero-order valence-electron chi connectivity index (χ0n) is 10.8. The number of hydrogen-bond donors (Lipinski definition) is 2. The van der Waals surface area contributed by atoms with E-state index in [-0.39, 0.29) is 24.2 Å². The van der Waals surface area contributed by atoms with Crippen molar-refractivity contribution in [3.8, 4) is 0 Å². The van der Waals surface area contributed by atoms with Crippen LogP contribution in [0.15, 0.2) is 24.3 Å². The summed E-state index contributed by atoms with van der Waals surface area (Å²) >= 11 is 0. The van der Waals surface area contributed by atoms with E-state index in [0.29, 0.717) is 18.7 Å². The highest BCUT2D eigenvalue weighted by Crippen LogP contribution is 2.29. The minimum Gasteiger partial charge on any atom is -0.323 e. The zero-order chi connectivity index (χ0) is 13.1. The Bertz CT molecular complexity index is 477. The van der Waals surface area contributed by atoms with E-state index in [1.54, 1.807) is 17.9 Å². The molecule has 19 heavy (non-hydrogen) atoms. The molecule has 0 spiro atoms. The van der Waals surface area contributed by atoms with Gasteiger partial charge in [0.2, 0.25) is 11.8 Å². The van der Waals surface area contributed by atoms with E-state index in [9.17, 15) is 9.59 Å². The molecular weight excluding hydrogens is 266 g/mol. The first-order chi connectivity index (χ1) is 8.59. The summed E-state index contributed by atoms with van der Waals surface area (Å²) in [5.74, 6) is -0.161. The summed E-state index contributed by atoms with van der Waals surface area (Å²) in [6, 6.07) is 6.71. The van der Waals surface area contributed by atoms with Crippen LogP contribution in [0.25, 0.3) is 0 Å². The molecule has 1 atom stereocenters. The molecule has 0 aliphatic carbocycles. The van der Waals surface area contributed by atoms with Crippen molar-refractivity contribution in [2.75, 3.05) is 16.8 Å². The van der Waals surface area contributed by atoms with Crippen LogP contribution in [-0.4, -0.2) is 24.4 Å². The minimum atomic E-state index is -0.577. The smallest absolute Gasteiger partial charge is 0.241 e. The lowest BCUT2D eigenvalue weighted by atomic mass is 10.2. The predicted molar refractivity (Wildman–Crippen MR) is 77.6 cm³/mol. The third kappa shape index (κ3) is 3.45. The SMILES string of the molecule is CC(N)C(=O)Nc1ccccc1N1CCCC1=O.Cl. The minimum absolute atomic E-state index is 0. The first-order valence-corrected chi connectivity index (χ1v) is 6.05. The van der Waals surface area contributed by atoms with Gasteiger partial charge < -0.3 is 16.0 Å². The van der Waals surface area contributed by atoms with Gasteiger partial charge in [0, 0.05) is 13.0 Å². The Morgan fingerprint density at radius 1 is 1.42 bits per heavy atom. The molecule has 0 bridgehead atoms. The molecule has 2 amide bonds. The van der Waals surface area contributed by atoms with Crippen LogP contribution in [0, 0.1) is 0 Å². The molecule has 0 saturated carbocycles. The quantitative estimate of drug-likeness (QED) is 0.883. The van der Waals surface area contributed by atoms with Crippen molar-refractivity contribution < 1.29 is 9.59 Å². The molecule has 1 aromatic rings. The van der Waals surface area contributed by atoms with Crippen LogP contribution in [0.1, 0.15) is 19.8 Å². The second-order valence-corrected chi connectivity index (χ2v) is 4.44. The van der Waals surface area contributed by atoms with Crippen molar-refractivity contribution in [3.05, 3.63) is 24.3 Å². The van der Waals surface area contributed by atoms with Crippen molar-refractivity contribution in [2.45, 2.75) is 25.8 Å². The summed E-state index contributed by atoms with van der Waals surface area (Å²) in [6.07, 6.45) is 1.42. The van der Waals surface area contributed by atoms with Crippen LogP contribution in [-0.2, 0) is 9.59 Å². The van der Waals surface area contributed by atoms with E-state index >= 15 is 0 Å². The summed E-state index contributed by atoms with van der Waals surface area (Å²) in [6.45, 7) is 2.32. The third-order valence-electron chi connectivity index (χ3n) is 2.94.